The molecule has 1 fully saturated rings. The zero-order valence-electron chi connectivity index (χ0n) is 58.3. The minimum Gasteiger partial charge on any atom is -0.302 e. The van der Waals surface area contributed by atoms with E-state index in [0.29, 0.717) is 0 Å². The molecule has 0 unspecified atom stereocenters. The maximum atomic E-state index is 2.93. The molecule has 0 N–H and O–H groups in total. The molecule has 5 nitrogen and oxygen atoms in total. The SMILES string of the molecule is CCCCC/C=C\C/C=C\CCCCCCCCN(CCCCCCCCCCCCCC)CCN1CCN(CCN(CCCCCCCCCCCC)CCN(CCCCCCCCCCCC)CCCCCCCCCCCC)CC1. The summed E-state index contributed by atoms with van der Waals surface area (Å²) >= 11 is 0. The van der Waals surface area contributed by atoms with Gasteiger partial charge in [-0.3, -0.25) is 9.80 Å². The van der Waals surface area contributed by atoms with Crippen molar-refractivity contribution in [1.29, 1.82) is 0 Å². The Kier molecular flexibility index (Phi) is 66.5. The third kappa shape index (κ3) is 60.0. The summed E-state index contributed by atoms with van der Waals surface area (Å²) < 4.78 is 0. The van der Waals surface area contributed by atoms with Crippen molar-refractivity contribution in [1.82, 2.24) is 24.5 Å². The maximum absolute atomic E-state index is 2.93. The Hall–Kier alpha value is -0.720. The molecular formula is C78H157N5. The van der Waals surface area contributed by atoms with E-state index in [9.17, 15) is 0 Å². The van der Waals surface area contributed by atoms with Crippen LogP contribution < -0.4 is 0 Å². The van der Waals surface area contributed by atoms with Gasteiger partial charge in [-0.1, -0.05) is 341 Å². The fourth-order valence-electron chi connectivity index (χ4n) is 13.1. The summed E-state index contributed by atoms with van der Waals surface area (Å²) in [7, 11) is 0. The minimum absolute atomic E-state index is 1.12. The first-order valence-corrected chi connectivity index (χ1v) is 39.1. The Bertz CT molecular complexity index is 1220. The molecule has 1 aliphatic heterocycles. The van der Waals surface area contributed by atoms with Crippen molar-refractivity contribution in [3.05, 3.63) is 24.3 Å². The molecule has 1 rings (SSSR count). The van der Waals surface area contributed by atoms with Crippen LogP contribution in [-0.4, -0.2) is 123 Å². The molecule has 0 spiro atoms. The highest BCUT2D eigenvalue weighted by molar-refractivity contribution is 4.92. The zero-order chi connectivity index (χ0) is 59.5. The average molecular weight is 1170 g/mol. The number of piperazine rings is 1. The smallest absolute Gasteiger partial charge is 0.0110 e. The van der Waals surface area contributed by atoms with Crippen LogP contribution in [0.5, 0.6) is 0 Å². The van der Waals surface area contributed by atoms with Crippen LogP contribution in [0.15, 0.2) is 24.3 Å². The van der Waals surface area contributed by atoms with E-state index in [-0.39, 0.29) is 0 Å². The quantitative estimate of drug-likeness (QED) is 0.0444. The third-order valence-corrected chi connectivity index (χ3v) is 19.1. The Labute approximate surface area is 525 Å². The van der Waals surface area contributed by atoms with Crippen molar-refractivity contribution in [2.24, 2.45) is 0 Å². The van der Waals surface area contributed by atoms with Gasteiger partial charge in [-0.05, 0) is 96.9 Å². The molecule has 5 heteroatoms. The molecule has 0 aromatic rings. The summed E-state index contributed by atoms with van der Waals surface area (Å²) in [6, 6.07) is 0. The summed E-state index contributed by atoms with van der Waals surface area (Å²) in [4.78, 5) is 14.4. The predicted molar refractivity (Wildman–Crippen MR) is 378 cm³/mol. The van der Waals surface area contributed by atoms with Crippen LogP contribution in [0, 0.1) is 0 Å². The second-order valence-electron chi connectivity index (χ2n) is 27.2. The van der Waals surface area contributed by atoms with Gasteiger partial charge in [0.05, 0.1) is 0 Å². The van der Waals surface area contributed by atoms with Gasteiger partial charge in [-0.25, -0.2) is 0 Å². The van der Waals surface area contributed by atoms with E-state index in [2.05, 4.69) is 83.4 Å². The molecule has 0 bridgehead atoms. The van der Waals surface area contributed by atoms with Gasteiger partial charge < -0.3 is 14.7 Å². The first-order valence-electron chi connectivity index (χ1n) is 39.1. The summed E-state index contributed by atoms with van der Waals surface area (Å²) in [5.41, 5.74) is 0. The normalized spacial score (nSPS) is 13.8. The maximum Gasteiger partial charge on any atom is 0.0110 e. The van der Waals surface area contributed by atoms with E-state index in [0.717, 1.165) is 6.42 Å². The highest BCUT2D eigenvalue weighted by Gasteiger charge is 2.19. The van der Waals surface area contributed by atoms with Gasteiger partial charge in [-0.15, -0.1) is 0 Å². The van der Waals surface area contributed by atoms with Gasteiger partial charge in [0, 0.05) is 65.4 Å². The lowest BCUT2D eigenvalue weighted by Gasteiger charge is -2.37. The van der Waals surface area contributed by atoms with Gasteiger partial charge in [0.25, 0.3) is 0 Å². The highest BCUT2D eigenvalue weighted by Crippen LogP contribution is 2.18. The molecule has 0 radical (unpaired) electrons. The second kappa shape index (κ2) is 68.8. The predicted octanol–water partition coefficient (Wildman–Crippen LogP) is 23.8. The van der Waals surface area contributed by atoms with Gasteiger partial charge in [0.2, 0.25) is 0 Å². The number of unbranched alkanes of at least 4 members (excludes halogenated alkanes) is 47. The molecule has 0 aromatic carbocycles. The largest absolute Gasteiger partial charge is 0.302 e. The van der Waals surface area contributed by atoms with E-state index in [1.165, 1.54) is 438 Å². The van der Waals surface area contributed by atoms with E-state index < -0.39 is 0 Å². The summed E-state index contributed by atoms with van der Waals surface area (Å²) in [6.07, 6.45) is 86.1. The van der Waals surface area contributed by atoms with E-state index in [1.807, 2.05) is 0 Å². The van der Waals surface area contributed by atoms with Crippen LogP contribution in [0.4, 0.5) is 0 Å². The molecule has 0 aromatic heterocycles. The lowest BCUT2D eigenvalue weighted by Crippen LogP contribution is -2.50. The van der Waals surface area contributed by atoms with E-state index in [1.54, 1.807) is 0 Å². The van der Waals surface area contributed by atoms with Crippen LogP contribution in [0.25, 0.3) is 0 Å². The van der Waals surface area contributed by atoms with Crippen molar-refractivity contribution in [2.45, 2.75) is 381 Å². The summed E-state index contributed by atoms with van der Waals surface area (Å²) in [5.74, 6) is 0. The minimum atomic E-state index is 1.12. The number of nitrogens with zero attached hydrogens (tertiary/aromatic N) is 5. The Morgan fingerprint density at radius 1 is 0.205 bits per heavy atom. The molecular weight excluding hydrogens is 1010 g/mol. The van der Waals surface area contributed by atoms with Crippen molar-refractivity contribution in [3.8, 4) is 0 Å². The van der Waals surface area contributed by atoms with Gasteiger partial charge in [0.15, 0.2) is 0 Å². The topological polar surface area (TPSA) is 16.2 Å². The van der Waals surface area contributed by atoms with Crippen molar-refractivity contribution < 1.29 is 0 Å². The molecule has 494 valence electrons. The lowest BCUT2D eigenvalue weighted by atomic mass is 10.1. The van der Waals surface area contributed by atoms with Crippen LogP contribution in [0.1, 0.15) is 381 Å². The fourth-order valence-corrected chi connectivity index (χ4v) is 13.1. The summed E-state index contributed by atoms with van der Waals surface area (Å²) in [5, 5.41) is 0. The van der Waals surface area contributed by atoms with Crippen molar-refractivity contribution in [3.63, 3.8) is 0 Å². The molecule has 1 saturated heterocycles. The molecule has 0 saturated carbocycles. The standard InChI is InChI=1S/C78H157N5/c1-6-11-16-21-26-31-36-38-39-40-41-43-48-52-57-62-67-80(66-61-56-51-47-42-37-32-27-22-17-12-7-2)70-73-82-75-77-83(78-76-82)74-72-81(68-63-58-53-46-35-30-25-20-15-10-5)71-69-79(64-59-54-49-44-33-28-23-18-13-8-3)65-60-55-50-45-34-29-24-19-14-9-4/h26,31,38-39H,6-25,27-30,32-37,40-78H2,1-5H3/b31-26-,39-38-. The average Bonchev–Trinajstić information content (AvgIpc) is 3.50. The van der Waals surface area contributed by atoms with Crippen molar-refractivity contribution >= 4 is 0 Å². The number of allylic oxidation sites excluding steroid dienone is 4. The van der Waals surface area contributed by atoms with Crippen LogP contribution in [-0.2, 0) is 0 Å². The molecule has 0 atom stereocenters. The van der Waals surface area contributed by atoms with Crippen LogP contribution in [0.3, 0.4) is 0 Å². The molecule has 0 aliphatic carbocycles. The molecule has 0 amide bonds. The lowest BCUT2D eigenvalue weighted by molar-refractivity contribution is 0.104. The highest BCUT2D eigenvalue weighted by atomic mass is 15.3. The zero-order valence-corrected chi connectivity index (χ0v) is 58.3. The number of rotatable bonds is 70. The van der Waals surface area contributed by atoms with Crippen LogP contribution >= 0.6 is 0 Å². The molecule has 1 aliphatic rings. The first-order chi connectivity index (χ1) is 41.2. The Morgan fingerprint density at radius 3 is 0.663 bits per heavy atom. The van der Waals surface area contributed by atoms with E-state index in [4.69, 9.17) is 0 Å². The van der Waals surface area contributed by atoms with Gasteiger partial charge >= 0.3 is 0 Å². The first kappa shape index (κ1) is 80.3. The number of hydrogen-bond donors (Lipinski definition) is 0. The van der Waals surface area contributed by atoms with Gasteiger partial charge in [0.1, 0.15) is 0 Å². The monoisotopic (exact) mass is 1160 g/mol. The van der Waals surface area contributed by atoms with Gasteiger partial charge in [-0.2, -0.15) is 0 Å². The van der Waals surface area contributed by atoms with Crippen molar-refractivity contribution in [2.75, 3.05) is 98.2 Å². The number of hydrogen-bond acceptors (Lipinski definition) is 5. The summed E-state index contributed by atoms with van der Waals surface area (Å²) in [6.45, 7) is 30.9. The Balaban J connectivity index is 2.73. The van der Waals surface area contributed by atoms with E-state index >= 15 is 0 Å². The molecule has 83 heavy (non-hydrogen) atoms. The third-order valence-electron chi connectivity index (χ3n) is 19.1. The second-order valence-corrected chi connectivity index (χ2v) is 27.2. The molecule has 1 heterocycles. The fraction of sp³-hybridized carbons (Fsp3) is 0.949. The Morgan fingerprint density at radius 2 is 0.398 bits per heavy atom. The van der Waals surface area contributed by atoms with Crippen LogP contribution in [0.2, 0.25) is 0 Å².